The highest BCUT2D eigenvalue weighted by molar-refractivity contribution is 5.95. The zero-order valence-corrected chi connectivity index (χ0v) is 9.97. The van der Waals surface area contributed by atoms with Crippen molar-refractivity contribution in [2.45, 2.75) is 46.0 Å². The molecule has 1 aliphatic rings. The molecular formula is C12H19N3O. The van der Waals surface area contributed by atoms with E-state index in [1.807, 2.05) is 6.92 Å². The maximum Gasteiger partial charge on any atom is 0.231 e. The highest BCUT2D eigenvalue weighted by atomic mass is 16.2. The predicted molar refractivity (Wildman–Crippen MR) is 63.1 cm³/mol. The largest absolute Gasteiger partial charge is 0.310 e. The molecule has 0 aromatic carbocycles. The van der Waals surface area contributed by atoms with Crippen molar-refractivity contribution in [2.75, 3.05) is 5.32 Å². The summed E-state index contributed by atoms with van der Waals surface area (Å²) < 4.78 is 0. The number of anilines is 1. The molecule has 0 saturated heterocycles. The normalized spacial score (nSPS) is 18.6. The summed E-state index contributed by atoms with van der Waals surface area (Å²) in [7, 11) is 0. The summed E-state index contributed by atoms with van der Waals surface area (Å²) >= 11 is 0. The summed E-state index contributed by atoms with van der Waals surface area (Å²) in [5, 5.41) is 9.70. The number of aromatic amines is 1. The molecule has 0 atom stereocenters. The van der Waals surface area contributed by atoms with Crippen molar-refractivity contribution in [2.24, 2.45) is 5.41 Å². The van der Waals surface area contributed by atoms with Gasteiger partial charge >= 0.3 is 0 Å². The number of hydrogen-bond acceptors (Lipinski definition) is 2. The fraction of sp³-hybridized carbons (Fsp3) is 0.667. The van der Waals surface area contributed by atoms with Crippen LogP contribution in [0.25, 0.3) is 0 Å². The van der Waals surface area contributed by atoms with Crippen LogP contribution in [0.2, 0.25) is 0 Å². The van der Waals surface area contributed by atoms with Crippen molar-refractivity contribution < 1.29 is 4.79 Å². The summed E-state index contributed by atoms with van der Waals surface area (Å²) in [6, 6.07) is 0. The Kier molecular flexibility index (Phi) is 2.99. The van der Waals surface area contributed by atoms with Crippen LogP contribution in [0.15, 0.2) is 6.20 Å². The van der Waals surface area contributed by atoms with Crippen molar-refractivity contribution in [3.8, 4) is 0 Å². The van der Waals surface area contributed by atoms with Crippen molar-refractivity contribution in [3.63, 3.8) is 0 Å². The number of carbonyl (C=O) groups is 1. The van der Waals surface area contributed by atoms with Gasteiger partial charge in [0.2, 0.25) is 5.91 Å². The topological polar surface area (TPSA) is 57.8 Å². The molecule has 0 bridgehead atoms. The first kappa shape index (κ1) is 11.2. The monoisotopic (exact) mass is 221 g/mol. The zero-order chi connectivity index (χ0) is 11.6. The van der Waals surface area contributed by atoms with Crippen LogP contribution in [0, 0.1) is 12.3 Å². The summed E-state index contributed by atoms with van der Waals surface area (Å²) in [6.45, 7) is 4.04. The minimum atomic E-state index is -0.141. The first-order chi connectivity index (χ1) is 7.68. The standard InChI is InChI=1S/C12H19N3O/c1-3-12(6-4-5-7-12)11(16)14-10-9(2)8-13-15-10/h8H,3-7H2,1-2H3,(H2,13,14,15,16). The van der Waals surface area contributed by atoms with Crippen molar-refractivity contribution in [3.05, 3.63) is 11.8 Å². The smallest absolute Gasteiger partial charge is 0.231 e. The quantitative estimate of drug-likeness (QED) is 0.824. The van der Waals surface area contributed by atoms with Crippen LogP contribution < -0.4 is 5.32 Å². The number of nitrogens with zero attached hydrogens (tertiary/aromatic N) is 1. The molecule has 88 valence electrons. The van der Waals surface area contributed by atoms with E-state index in [-0.39, 0.29) is 11.3 Å². The SMILES string of the molecule is CCC1(C(=O)Nc2[nH]ncc2C)CCCC1. The first-order valence-corrected chi connectivity index (χ1v) is 5.99. The Balaban J connectivity index is 2.10. The number of carbonyl (C=O) groups excluding carboxylic acids is 1. The fourth-order valence-corrected chi connectivity index (χ4v) is 2.51. The molecule has 4 nitrogen and oxygen atoms in total. The minimum absolute atomic E-state index is 0.141. The minimum Gasteiger partial charge on any atom is -0.310 e. The average Bonchev–Trinajstić information content (AvgIpc) is 2.89. The molecule has 4 heteroatoms. The van der Waals surface area contributed by atoms with Gasteiger partial charge < -0.3 is 5.32 Å². The number of nitrogens with one attached hydrogen (secondary N) is 2. The van der Waals surface area contributed by atoms with Gasteiger partial charge in [0.1, 0.15) is 5.82 Å². The van der Waals surface area contributed by atoms with E-state index in [9.17, 15) is 4.79 Å². The molecule has 2 N–H and O–H groups in total. The zero-order valence-electron chi connectivity index (χ0n) is 9.97. The van der Waals surface area contributed by atoms with E-state index in [4.69, 9.17) is 0 Å². The number of H-pyrrole nitrogens is 1. The Morgan fingerprint density at radius 2 is 2.25 bits per heavy atom. The van der Waals surface area contributed by atoms with Crippen LogP contribution in [-0.4, -0.2) is 16.1 Å². The third-order valence-electron chi connectivity index (χ3n) is 3.79. The van der Waals surface area contributed by atoms with Gasteiger partial charge in [-0.15, -0.1) is 0 Å². The summed E-state index contributed by atoms with van der Waals surface area (Å²) in [5.74, 6) is 0.893. The fourth-order valence-electron chi connectivity index (χ4n) is 2.51. The average molecular weight is 221 g/mol. The van der Waals surface area contributed by atoms with Gasteiger partial charge in [-0.2, -0.15) is 5.10 Å². The lowest BCUT2D eigenvalue weighted by Crippen LogP contribution is -2.33. The molecule has 1 aliphatic carbocycles. The van der Waals surface area contributed by atoms with Gasteiger partial charge in [0, 0.05) is 11.0 Å². The molecule has 1 aromatic rings. The molecule has 1 heterocycles. The Hall–Kier alpha value is -1.32. The lowest BCUT2D eigenvalue weighted by Gasteiger charge is -2.25. The van der Waals surface area contributed by atoms with E-state index >= 15 is 0 Å². The number of aryl methyl sites for hydroxylation is 1. The Bertz CT molecular complexity index is 377. The highest BCUT2D eigenvalue weighted by Crippen LogP contribution is 2.41. The van der Waals surface area contributed by atoms with Crippen LogP contribution in [0.4, 0.5) is 5.82 Å². The Morgan fingerprint density at radius 1 is 1.56 bits per heavy atom. The third kappa shape index (κ3) is 1.84. The second kappa shape index (κ2) is 4.28. The third-order valence-corrected chi connectivity index (χ3v) is 3.79. The predicted octanol–water partition coefficient (Wildman–Crippen LogP) is 2.63. The van der Waals surface area contributed by atoms with Gasteiger partial charge in [-0.25, -0.2) is 0 Å². The van der Waals surface area contributed by atoms with Gasteiger partial charge in [-0.1, -0.05) is 19.8 Å². The van der Waals surface area contributed by atoms with Crippen LogP contribution in [0.3, 0.4) is 0 Å². The van der Waals surface area contributed by atoms with Crippen LogP contribution >= 0.6 is 0 Å². The van der Waals surface area contributed by atoms with E-state index < -0.39 is 0 Å². The summed E-state index contributed by atoms with van der Waals surface area (Å²) in [4.78, 5) is 12.3. The van der Waals surface area contributed by atoms with E-state index in [0.717, 1.165) is 30.6 Å². The maximum absolute atomic E-state index is 12.3. The van der Waals surface area contributed by atoms with Crippen LogP contribution in [0.5, 0.6) is 0 Å². The lowest BCUT2D eigenvalue weighted by atomic mass is 9.82. The molecule has 0 aliphatic heterocycles. The molecule has 0 radical (unpaired) electrons. The maximum atomic E-state index is 12.3. The molecule has 1 saturated carbocycles. The second-order valence-corrected chi connectivity index (χ2v) is 4.72. The Morgan fingerprint density at radius 3 is 2.75 bits per heavy atom. The van der Waals surface area contributed by atoms with Crippen molar-refractivity contribution >= 4 is 11.7 Å². The number of hydrogen-bond donors (Lipinski definition) is 2. The van der Waals surface area contributed by atoms with Gasteiger partial charge in [-0.05, 0) is 26.2 Å². The van der Waals surface area contributed by atoms with E-state index in [2.05, 4.69) is 22.4 Å². The van der Waals surface area contributed by atoms with E-state index in [0.29, 0.717) is 0 Å². The number of aromatic nitrogens is 2. The number of amides is 1. The van der Waals surface area contributed by atoms with E-state index in [1.54, 1.807) is 6.20 Å². The molecule has 0 spiro atoms. The molecule has 1 fully saturated rings. The van der Waals surface area contributed by atoms with Gasteiger partial charge in [-0.3, -0.25) is 9.89 Å². The molecular weight excluding hydrogens is 202 g/mol. The lowest BCUT2D eigenvalue weighted by molar-refractivity contribution is -0.125. The van der Waals surface area contributed by atoms with Crippen molar-refractivity contribution in [1.29, 1.82) is 0 Å². The van der Waals surface area contributed by atoms with Gasteiger partial charge in [0.15, 0.2) is 0 Å². The van der Waals surface area contributed by atoms with Gasteiger partial charge in [0.25, 0.3) is 0 Å². The highest BCUT2D eigenvalue weighted by Gasteiger charge is 2.39. The second-order valence-electron chi connectivity index (χ2n) is 4.72. The molecule has 2 rings (SSSR count). The van der Waals surface area contributed by atoms with E-state index in [1.165, 1.54) is 12.8 Å². The van der Waals surface area contributed by atoms with Crippen LogP contribution in [-0.2, 0) is 4.79 Å². The first-order valence-electron chi connectivity index (χ1n) is 5.99. The molecule has 0 unspecified atom stereocenters. The molecule has 1 aromatic heterocycles. The Labute approximate surface area is 95.8 Å². The van der Waals surface area contributed by atoms with Crippen molar-refractivity contribution in [1.82, 2.24) is 10.2 Å². The molecule has 16 heavy (non-hydrogen) atoms. The van der Waals surface area contributed by atoms with Gasteiger partial charge in [0.05, 0.1) is 6.20 Å². The van der Waals surface area contributed by atoms with Crippen LogP contribution in [0.1, 0.15) is 44.6 Å². The number of rotatable bonds is 3. The summed E-state index contributed by atoms with van der Waals surface area (Å²) in [6.07, 6.45) is 7.02. The summed E-state index contributed by atoms with van der Waals surface area (Å²) in [5.41, 5.74) is 0.843. The molecule has 1 amide bonds.